The Labute approximate surface area is 133 Å². The van der Waals surface area contributed by atoms with Crippen molar-refractivity contribution in [1.82, 2.24) is 4.90 Å². The Hall–Kier alpha value is -2.83. The second-order valence-electron chi connectivity index (χ2n) is 4.79. The van der Waals surface area contributed by atoms with Crippen LogP contribution in [0, 0.1) is 0 Å². The lowest BCUT2D eigenvalue weighted by Gasteiger charge is -2.08. The number of nitrogens with zero attached hydrogens (tertiary/aromatic N) is 1. The molecule has 0 N–H and O–H groups in total. The third-order valence-electron chi connectivity index (χ3n) is 3.28. The van der Waals surface area contributed by atoms with Gasteiger partial charge in [0.25, 0.3) is 5.91 Å². The fourth-order valence-electron chi connectivity index (χ4n) is 2.03. The van der Waals surface area contributed by atoms with Crippen LogP contribution in [-0.2, 0) is 19.1 Å². The minimum atomic E-state index is -0.736. The maximum Gasteiger partial charge on any atom is 0.422 e. The summed E-state index contributed by atoms with van der Waals surface area (Å²) in [5, 5.41) is 0. The molecule has 1 saturated heterocycles. The Morgan fingerprint density at radius 1 is 1.22 bits per heavy atom. The van der Waals surface area contributed by atoms with E-state index >= 15 is 0 Å². The molecule has 7 nitrogen and oxygen atoms in total. The first-order valence-corrected chi connectivity index (χ1v) is 7.01. The summed E-state index contributed by atoms with van der Waals surface area (Å²) in [5.41, 5.74) is 0.707. The van der Waals surface area contributed by atoms with E-state index in [4.69, 9.17) is 9.47 Å². The van der Waals surface area contributed by atoms with Gasteiger partial charge in [-0.05, 0) is 30.2 Å². The Bertz CT molecular complexity index is 634. The second kappa shape index (κ2) is 7.44. The van der Waals surface area contributed by atoms with Crippen LogP contribution in [0.15, 0.2) is 30.0 Å². The molecule has 1 fully saturated rings. The summed E-state index contributed by atoms with van der Waals surface area (Å²) < 4.78 is 14.5. The molecule has 0 bridgehead atoms. The van der Waals surface area contributed by atoms with Gasteiger partial charge in [0.05, 0.1) is 14.2 Å². The molecule has 1 aromatic carbocycles. The van der Waals surface area contributed by atoms with Gasteiger partial charge in [-0.1, -0.05) is 12.1 Å². The molecule has 1 aliphatic heterocycles. The lowest BCUT2D eigenvalue weighted by molar-refractivity contribution is -0.141. The van der Waals surface area contributed by atoms with Gasteiger partial charge in [-0.3, -0.25) is 9.59 Å². The van der Waals surface area contributed by atoms with E-state index in [2.05, 4.69) is 4.74 Å². The molecule has 0 spiro atoms. The molecule has 1 aromatic rings. The molecule has 7 heteroatoms. The summed E-state index contributed by atoms with van der Waals surface area (Å²) in [6.07, 6.45) is 1.20. The van der Waals surface area contributed by atoms with Gasteiger partial charge < -0.3 is 14.2 Å². The van der Waals surface area contributed by atoms with E-state index in [1.807, 2.05) is 0 Å². The Balaban J connectivity index is 2.01. The largest absolute Gasteiger partial charge is 0.497 e. The number of methoxy groups -OCH3 is 2. The third kappa shape index (κ3) is 4.09. The smallest absolute Gasteiger partial charge is 0.422 e. The standard InChI is InChI=1S/C16H17NO6/c1-21-12-7-5-11(6-8-12)10-13-15(19)17(16(20)23-13)9-3-4-14(18)22-2/h5-8,10H,3-4,9H2,1-2H3/b13-10-. The molecule has 2 amide bonds. The highest BCUT2D eigenvalue weighted by molar-refractivity contribution is 6.09. The van der Waals surface area contributed by atoms with Gasteiger partial charge in [0.1, 0.15) is 5.75 Å². The van der Waals surface area contributed by atoms with Crippen LogP contribution in [0.5, 0.6) is 5.75 Å². The van der Waals surface area contributed by atoms with Gasteiger partial charge in [0, 0.05) is 13.0 Å². The molecule has 1 aliphatic rings. The van der Waals surface area contributed by atoms with Crippen molar-refractivity contribution in [2.75, 3.05) is 20.8 Å². The first kappa shape index (κ1) is 16.5. The number of hydrogen-bond donors (Lipinski definition) is 0. The van der Waals surface area contributed by atoms with Crippen LogP contribution in [-0.4, -0.2) is 43.6 Å². The number of carbonyl (C=O) groups is 3. The number of ether oxygens (including phenoxy) is 3. The van der Waals surface area contributed by atoms with E-state index in [9.17, 15) is 14.4 Å². The van der Waals surface area contributed by atoms with Gasteiger partial charge in [0.15, 0.2) is 5.76 Å². The average Bonchev–Trinajstić information content (AvgIpc) is 2.82. The third-order valence-corrected chi connectivity index (χ3v) is 3.28. The monoisotopic (exact) mass is 319 g/mol. The van der Waals surface area contributed by atoms with Crippen molar-refractivity contribution in [2.45, 2.75) is 12.8 Å². The first-order chi connectivity index (χ1) is 11.0. The second-order valence-corrected chi connectivity index (χ2v) is 4.79. The zero-order chi connectivity index (χ0) is 16.8. The summed E-state index contributed by atoms with van der Waals surface area (Å²) >= 11 is 0. The predicted molar refractivity (Wildman–Crippen MR) is 80.4 cm³/mol. The van der Waals surface area contributed by atoms with Gasteiger partial charge in [-0.25, -0.2) is 9.69 Å². The molecule has 2 rings (SSSR count). The molecule has 0 aliphatic carbocycles. The molecular formula is C16H17NO6. The number of amides is 2. The molecule has 0 atom stereocenters. The number of hydrogen-bond acceptors (Lipinski definition) is 6. The van der Waals surface area contributed by atoms with Crippen LogP contribution in [0.2, 0.25) is 0 Å². The normalized spacial score (nSPS) is 15.7. The van der Waals surface area contributed by atoms with Gasteiger partial charge in [-0.15, -0.1) is 0 Å². The molecule has 0 unspecified atom stereocenters. The number of esters is 1. The Morgan fingerprint density at radius 2 is 1.91 bits per heavy atom. The van der Waals surface area contributed by atoms with E-state index in [-0.39, 0.29) is 24.7 Å². The zero-order valence-electron chi connectivity index (χ0n) is 12.9. The summed E-state index contributed by atoms with van der Waals surface area (Å²) in [4.78, 5) is 35.9. The fourth-order valence-corrected chi connectivity index (χ4v) is 2.03. The van der Waals surface area contributed by atoms with E-state index < -0.39 is 12.0 Å². The summed E-state index contributed by atoms with van der Waals surface area (Å²) in [7, 11) is 2.84. The zero-order valence-corrected chi connectivity index (χ0v) is 12.9. The highest BCUT2D eigenvalue weighted by atomic mass is 16.6. The van der Waals surface area contributed by atoms with Crippen LogP contribution in [0.1, 0.15) is 18.4 Å². The average molecular weight is 319 g/mol. The SMILES string of the molecule is COC(=O)CCCN1C(=O)O/C(=C\c2ccc(OC)cc2)C1=O. The van der Waals surface area contributed by atoms with Crippen molar-refractivity contribution < 1.29 is 28.6 Å². The summed E-state index contributed by atoms with van der Waals surface area (Å²) in [5.74, 6) is -0.265. The van der Waals surface area contributed by atoms with Gasteiger partial charge >= 0.3 is 12.1 Å². The highest BCUT2D eigenvalue weighted by Crippen LogP contribution is 2.21. The summed E-state index contributed by atoms with van der Waals surface area (Å²) in [6.45, 7) is 0.104. The van der Waals surface area contributed by atoms with Crippen molar-refractivity contribution >= 4 is 24.0 Å². The quantitative estimate of drug-likeness (QED) is 0.589. The van der Waals surface area contributed by atoms with Crippen molar-refractivity contribution in [3.63, 3.8) is 0 Å². The van der Waals surface area contributed by atoms with Crippen LogP contribution in [0.3, 0.4) is 0 Å². The van der Waals surface area contributed by atoms with Crippen molar-refractivity contribution in [1.29, 1.82) is 0 Å². The molecule has 23 heavy (non-hydrogen) atoms. The molecule has 0 saturated carbocycles. The number of rotatable bonds is 6. The number of benzene rings is 1. The minimum Gasteiger partial charge on any atom is -0.497 e. The Kier molecular flexibility index (Phi) is 5.35. The molecule has 1 heterocycles. The van der Waals surface area contributed by atoms with E-state index in [1.54, 1.807) is 31.4 Å². The minimum absolute atomic E-state index is 0.0433. The topological polar surface area (TPSA) is 82.1 Å². The maximum absolute atomic E-state index is 12.2. The van der Waals surface area contributed by atoms with Crippen LogP contribution < -0.4 is 4.74 Å². The molecule has 0 aromatic heterocycles. The van der Waals surface area contributed by atoms with Crippen LogP contribution >= 0.6 is 0 Å². The van der Waals surface area contributed by atoms with Crippen LogP contribution in [0.4, 0.5) is 4.79 Å². The lowest BCUT2D eigenvalue weighted by Crippen LogP contribution is -2.30. The van der Waals surface area contributed by atoms with Crippen molar-refractivity contribution in [3.05, 3.63) is 35.6 Å². The predicted octanol–water partition coefficient (Wildman–Crippen LogP) is 1.97. The lowest BCUT2D eigenvalue weighted by atomic mass is 10.2. The summed E-state index contributed by atoms with van der Waals surface area (Å²) in [6, 6.07) is 6.96. The highest BCUT2D eigenvalue weighted by Gasteiger charge is 2.36. The molecule has 122 valence electrons. The first-order valence-electron chi connectivity index (χ1n) is 7.01. The molecule has 0 radical (unpaired) electrons. The van der Waals surface area contributed by atoms with Crippen molar-refractivity contribution in [2.24, 2.45) is 0 Å². The van der Waals surface area contributed by atoms with Gasteiger partial charge in [-0.2, -0.15) is 0 Å². The number of imide groups is 1. The Morgan fingerprint density at radius 3 is 2.52 bits per heavy atom. The van der Waals surface area contributed by atoms with E-state index in [0.29, 0.717) is 17.7 Å². The maximum atomic E-state index is 12.2. The van der Waals surface area contributed by atoms with Crippen molar-refractivity contribution in [3.8, 4) is 5.75 Å². The van der Waals surface area contributed by atoms with Crippen LogP contribution in [0.25, 0.3) is 6.08 Å². The van der Waals surface area contributed by atoms with E-state index in [0.717, 1.165) is 4.90 Å². The number of cyclic esters (lactones) is 1. The molecular weight excluding hydrogens is 302 g/mol. The van der Waals surface area contributed by atoms with E-state index in [1.165, 1.54) is 13.2 Å². The fraction of sp³-hybridized carbons (Fsp3) is 0.312. The number of carbonyl (C=O) groups excluding carboxylic acids is 3. The van der Waals surface area contributed by atoms with Gasteiger partial charge in [0.2, 0.25) is 0 Å².